The van der Waals surface area contributed by atoms with Crippen LogP contribution >= 0.6 is 0 Å². The van der Waals surface area contributed by atoms with Crippen LogP contribution in [0.3, 0.4) is 0 Å². The second-order valence-electron chi connectivity index (χ2n) is 4.21. The molecule has 0 fully saturated rings. The van der Waals surface area contributed by atoms with Crippen LogP contribution in [-0.4, -0.2) is 25.1 Å². The summed E-state index contributed by atoms with van der Waals surface area (Å²) in [6.45, 7) is 1.41. The Morgan fingerprint density at radius 3 is 2.82 bits per heavy atom. The normalized spacial score (nSPS) is 18.9. The van der Waals surface area contributed by atoms with Gasteiger partial charge in [-0.15, -0.1) is 0 Å². The zero-order valence-corrected chi connectivity index (χ0v) is 9.73. The monoisotopic (exact) mass is 236 g/mol. The number of hydrogen-bond acceptors (Lipinski definition) is 3. The second-order valence-corrected chi connectivity index (χ2v) is 4.21. The molecule has 0 saturated heterocycles. The summed E-state index contributed by atoms with van der Waals surface area (Å²) in [5.41, 5.74) is 6.47. The number of benzene rings is 1. The van der Waals surface area contributed by atoms with Crippen LogP contribution in [-0.2, 0) is 11.2 Å². The Labute approximate surface area is 100 Å². The van der Waals surface area contributed by atoms with E-state index in [0.717, 1.165) is 30.8 Å². The van der Waals surface area contributed by atoms with Gasteiger partial charge in [-0.25, -0.2) is 4.39 Å². The molecule has 1 aliphatic heterocycles. The molecule has 4 heteroatoms. The summed E-state index contributed by atoms with van der Waals surface area (Å²) in [4.78, 5) is 4.35. The van der Waals surface area contributed by atoms with Crippen molar-refractivity contribution in [3.63, 3.8) is 0 Å². The lowest BCUT2D eigenvalue weighted by atomic mass is 10.1. The third kappa shape index (κ3) is 3.53. The summed E-state index contributed by atoms with van der Waals surface area (Å²) in [6, 6.07) is 6.43. The maximum Gasteiger partial charge on any atom is 0.188 e. The summed E-state index contributed by atoms with van der Waals surface area (Å²) < 4.78 is 18.4. The van der Waals surface area contributed by atoms with Crippen LogP contribution in [0.5, 0.6) is 0 Å². The molecule has 0 radical (unpaired) electrons. The van der Waals surface area contributed by atoms with Gasteiger partial charge in [0, 0.05) is 6.42 Å². The Hall–Kier alpha value is -1.42. The Balaban J connectivity index is 1.83. The fourth-order valence-electron chi connectivity index (χ4n) is 1.84. The van der Waals surface area contributed by atoms with Crippen molar-refractivity contribution in [3.05, 3.63) is 35.6 Å². The van der Waals surface area contributed by atoms with Crippen molar-refractivity contribution < 1.29 is 9.13 Å². The van der Waals surface area contributed by atoms with Crippen LogP contribution in [0.1, 0.15) is 18.4 Å². The van der Waals surface area contributed by atoms with Crippen LogP contribution in [0.25, 0.3) is 0 Å². The first-order valence-electron chi connectivity index (χ1n) is 5.92. The number of rotatable bonds is 5. The Bertz CT molecular complexity index is 389. The van der Waals surface area contributed by atoms with Crippen LogP contribution < -0.4 is 5.73 Å². The predicted molar refractivity (Wildman–Crippen MR) is 65.6 cm³/mol. The van der Waals surface area contributed by atoms with E-state index in [0.29, 0.717) is 13.0 Å². The Morgan fingerprint density at radius 1 is 1.35 bits per heavy atom. The molecular weight excluding hydrogens is 219 g/mol. The van der Waals surface area contributed by atoms with Crippen molar-refractivity contribution in [2.75, 3.05) is 13.1 Å². The van der Waals surface area contributed by atoms with E-state index in [1.165, 1.54) is 12.1 Å². The summed E-state index contributed by atoms with van der Waals surface area (Å²) >= 11 is 0. The Morgan fingerprint density at radius 2 is 2.12 bits per heavy atom. The molecule has 1 aliphatic rings. The second kappa shape index (κ2) is 5.77. The smallest absolute Gasteiger partial charge is 0.188 e. The number of halogens is 1. The molecule has 2 rings (SSSR count). The van der Waals surface area contributed by atoms with E-state index < -0.39 is 0 Å². The van der Waals surface area contributed by atoms with Gasteiger partial charge in [-0.05, 0) is 37.1 Å². The molecule has 1 unspecified atom stereocenters. The molecule has 1 aromatic rings. The van der Waals surface area contributed by atoms with Gasteiger partial charge in [-0.2, -0.15) is 0 Å². The molecular formula is C13H17FN2O. The van der Waals surface area contributed by atoms with Crippen molar-refractivity contribution in [2.24, 2.45) is 10.7 Å². The largest absolute Gasteiger partial charge is 0.475 e. The zero-order chi connectivity index (χ0) is 12.1. The lowest BCUT2D eigenvalue weighted by Gasteiger charge is -2.10. The van der Waals surface area contributed by atoms with E-state index in [1.807, 2.05) is 0 Å². The molecule has 1 atom stereocenters. The first kappa shape index (κ1) is 12.0. The molecule has 17 heavy (non-hydrogen) atoms. The van der Waals surface area contributed by atoms with E-state index in [4.69, 9.17) is 10.5 Å². The van der Waals surface area contributed by atoms with Gasteiger partial charge in [-0.1, -0.05) is 12.1 Å². The maximum atomic E-state index is 12.7. The standard InChI is InChI=1S/C13H17FN2O/c14-11-5-3-10(4-6-11)8-13-16-9-12(17-13)2-1-7-15/h3-6,12H,1-2,7-9,15H2. The van der Waals surface area contributed by atoms with Gasteiger partial charge in [0.1, 0.15) is 11.9 Å². The van der Waals surface area contributed by atoms with Gasteiger partial charge < -0.3 is 10.5 Å². The molecule has 0 spiro atoms. The van der Waals surface area contributed by atoms with Crippen molar-refractivity contribution in [2.45, 2.75) is 25.4 Å². The average Bonchev–Trinajstić information content (AvgIpc) is 2.77. The first-order valence-corrected chi connectivity index (χ1v) is 5.92. The molecule has 3 nitrogen and oxygen atoms in total. The van der Waals surface area contributed by atoms with Crippen molar-refractivity contribution in [1.29, 1.82) is 0 Å². The summed E-state index contributed by atoms with van der Waals surface area (Å²) in [6.07, 6.45) is 2.73. The molecule has 1 aromatic carbocycles. The van der Waals surface area contributed by atoms with E-state index in [2.05, 4.69) is 4.99 Å². The van der Waals surface area contributed by atoms with Gasteiger partial charge in [-0.3, -0.25) is 4.99 Å². The molecule has 92 valence electrons. The highest BCUT2D eigenvalue weighted by molar-refractivity contribution is 5.80. The molecule has 0 amide bonds. The number of hydrogen-bond donors (Lipinski definition) is 1. The van der Waals surface area contributed by atoms with Crippen LogP contribution in [0.2, 0.25) is 0 Å². The minimum atomic E-state index is -0.219. The van der Waals surface area contributed by atoms with Gasteiger partial charge in [0.25, 0.3) is 0 Å². The van der Waals surface area contributed by atoms with Crippen LogP contribution in [0.4, 0.5) is 4.39 Å². The third-order valence-electron chi connectivity index (χ3n) is 2.77. The van der Waals surface area contributed by atoms with Crippen LogP contribution in [0, 0.1) is 5.82 Å². The molecule has 1 heterocycles. The molecule has 0 saturated carbocycles. The van der Waals surface area contributed by atoms with Gasteiger partial charge >= 0.3 is 0 Å². The number of nitrogens with zero attached hydrogens (tertiary/aromatic N) is 1. The summed E-state index contributed by atoms with van der Waals surface area (Å²) in [5.74, 6) is 0.530. The minimum Gasteiger partial charge on any atom is -0.475 e. The lowest BCUT2D eigenvalue weighted by Crippen LogP contribution is -2.15. The minimum absolute atomic E-state index is 0.175. The maximum absolute atomic E-state index is 12.7. The van der Waals surface area contributed by atoms with E-state index in [-0.39, 0.29) is 11.9 Å². The lowest BCUT2D eigenvalue weighted by molar-refractivity contribution is 0.207. The predicted octanol–water partition coefficient (Wildman–Crippen LogP) is 1.90. The van der Waals surface area contributed by atoms with E-state index in [9.17, 15) is 4.39 Å². The average molecular weight is 236 g/mol. The zero-order valence-electron chi connectivity index (χ0n) is 9.73. The van der Waals surface area contributed by atoms with Crippen LogP contribution in [0.15, 0.2) is 29.3 Å². The third-order valence-corrected chi connectivity index (χ3v) is 2.77. The van der Waals surface area contributed by atoms with Gasteiger partial charge in [0.15, 0.2) is 5.90 Å². The SMILES string of the molecule is NCCCC1CN=C(Cc2ccc(F)cc2)O1. The highest BCUT2D eigenvalue weighted by atomic mass is 19.1. The van der Waals surface area contributed by atoms with E-state index in [1.54, 1.807) is 12.1 Å². The van der Waals surface area contributed by atoms with Crippen molar-refractivity contribution >= 4 is 5.90 Å². The quantitative estimate of drug-likeness (QED) is 0.848. The highest BCUT2D eigenvalue weighted by Crippen LogP contribution is 2.14. The van der Waals surface area contributed by atoms with E-state index >= 15 is 0 Å². The van der Waals surface area contributed by atoms with Gasteiger partial charge in [0.05, 0.1) is 6.54 Å². The topological polar surface area (TPSA) is 47.6 Å². The first-order chi connectivity index (χ1) is 8.28. The number of nitrogens with two attached hydrogens (primary N) is 1. The molecule has 2 N–H and O–H groups in total. The molecule has 0 bridgehead atoms. The number of aliphatic imine (C=N–C) groups is 1. The van der Waals surface area contributed by atoms with Crippen molar-refractivity contribution in [3.8, 4) is 0 Å². The fourth-order valence-corrected chi connectivity index (χ4v) is 1.84. The number of ether oxygens (including phenoxy) is 1. The van der Waals surface area contributed by atoms with Gasteiger partial charge in [0.2, 0.25) is 0 Å². The summed E-state index contributed by atoms with van der Waals surface area (Å²) in [7, 11) is 0. The van der Waals surface area contributed by atoms with Crippen molar-refractivity contribution in [1.82, 2.24) is 0 Å². The summed E-state index contributed by atoms with van der Waals surface area (Å²) in [5, 5.41) is 0. The molecule has 0 aromatic heterocycles. The highest BCUT2D eigenvalue weighted by Gasteiger charge is 2.19. The molecule has 0 aliphatic carbocycles. The Kier molecular flexibility index (Phi) is 4.09. The fraction of sp³-hybridized carbons (Fsp3) is 0.462.